The van der Waals surface area contributed by atoms with Crippen LogP contribution in [0.5, 0.6) is 0 Å². The van der Waals surface area contributed by atoms with Crippen molar-refractivity contribution in [3.63, 3.8) is 0 Å². The van der Waals surface area contributed by atoms with Gasteiger partial charge in [0.1, 0.15) is 5.38 Å². The van der Waals surface area contributed by atoms with Crippen molar-refractivity contribution in [1.82, 2.24) is 4.90 Å². The molecule has 0 radical (unpaired) electrons. The minimum Gasteiger partial charge on any atom is -0.337 e. The second-order valence-electron chi connectivity index (χ2n) is 3.45. The molecule has 1 aromatic rings. The van der Waals surface area contributed by atoms with Crippen LogP contribution in [0.3, 0.4) is 0 Å². The van der Waals surface area contributed by atoms with E-state index in [2.05, 4.69) is 0 Å². The van der Waals surface area contributed by atoms with E-state index in [0.29, 0.717) is 13.1 Å². The number of halogens is 1. The van der Waals surface area contributed by atoms with Crippen LogP contribution >= 0.6 is 11.6 Å². The van der Waals surface area contributed by atoms with E-state index in [1.54, 1.807) is 11.8 Å². The third-order valence-electron chi connectivity index (χ3n) is 2.25. The predicted molar refractivity (Wildman–Crippen MR) is 62.8 cm³/mol. The summed E-state index contributed by atoms with van der Waals surface area (Å²) in [5.41, 5.74) is 1.13. The van der Waals surface area contributed by atoms with Crippen molar-refractivity contribution in [1.29, 1.82) is 0 Å². The van der Waals surface area contributed by atoms with Crippen molar-refractivity contribution in [2.75, 3.05) is 6.54 Å². The second-order valence-corrected chi connectivity index (χ2v) is 4.11. The standard InChI is InChI=1S/C12H16ClNO/c1-3-14(12(15)10(2)13)9-11-7-5-4-6-8-11/h4-8,10H,3,9H2,1-2H3. The van der Waals surface area contributed by atoms with Crippen LogP contribution in [0.25, 0.3) is 0 Å². The lowest BCUT2D eigenvalue weighted by Gasteiger charge is -2.22. The molecule has 0 aliphatic rings. The van der Waals surface area contributed by atoms with E-state index < -0.39 is 5.38 Å². The van der Waals surface area contributed by atoms with Crippen molar-refractivity contribution in [2.45, 2.75) is 25.8 Å². The molecule has 0 aliphatic heterocycles. The Morgan fingerprint density at radius 3 is 2.47 bits per heavy atom. The number of amides is 1. The highest BCUT2D eigenvalue weighted by atomic mass is 35.5. The molecule has 0 saturated carbocycles. The van der Waals surface area contributed by atoms with Gasteiger partial charge in [-0.1, -0.05) is 30.3 Å². The first-order chi connectivity index (χ1) is 7.15. The second kappa shape index (κ2) is 5.76. The van der Waals surface area contributed by atoms with Gasteiger partial charge in [0.15, 0.2) is 0 Å². The summed E-state index contributed by atoms with van der Waals surface area (Å²) in [6.45, 7) is 4.98. The summed E-state index contributed by atoms with van der Waals surface area (Å²) in [5.74, 6) is -0.0111. The highest BCUT2D eigenvalue weighted by Gasteiger charge is 2.16. The number of alkyl halides is 1. The van der Waals surface area contributed by atoms with Crippen molar-refractivity contribution >= 4 is 17.5 Å². The molecule has 0 N–H and O–H groups in total. The van der Waals surface area contributed by atoms with Crippen LogP contribution < -0.4 is 0 Å². The van der Waals surface area contributed by atoms with Crippen LogP contribution in [-0.2, 0) is 11.3 Å². The summed E-state index contributed by atoms with van der Waals surface area (Å²) in [6.07, 6.45) is 0. The number of benzene rings is 1. The van der Waals surface area contributed by atoms with Crippen molar-refractivity contribution in [3.8, 4) is 0 Å². The van der Waals surface area contributed by atoms with Gasteiger partial charge in [-0.3, -0.25) is 4.79 Å². The predicted octanol–water partition coefficient (Wildman–Crippen LogP) is 2.66. The van der Waals surface area contributed by atoms with E-state index in [1.807, 2.05) is 37.3 Å². The van der Waals surface area contributed by atoms with Gasteiger partial charge in [-0.2, -0.15) is 0 Å². The van der Waals surface area contributed by atoms with Crippen LogP contribution in [-0.4, -0.2) is 22.7 Å². The lowest BCUT2D eigenvalue weighted by molar-refractivity contribution is -0.130. The monoisotopic (exact) mass is 225 g/mol. The molecule has 0 spiro atoms. The first-order valence-electron chi connectivity index (χ1n) is 5.12. The first kappa shape index (κ1) is 12.1. The van der Waals surface area contributed by atoms with Crippen LogP contribution in [0.15, 0.2) is 30.3 Å². The minimum absolute atomic E-state index is 0.0111. The minimum atomic E-state index is -0.450. The molecule has 1 unspecified atom stereocenters. The fourth-order valence-corrected chi connectivity index (χ4v) is 1.54. The van der Waals surface area contributed by atoms with E-state index in [4.69, 9.17) is 11.6 Å². The topological polar surface area (TPSA) is 20.3 Å². The highest BCUT2D eigenvalue weighted by molar-refractivity contribution is 6.30. The van der Waals surface area contributed by atoms with Gasteiger partial charge in [0.25, 0.3) is 0 Å². The van der Waals surface area contributed by atoms with Crippen LogP contribution in [0.4, 0.5) is 0 Å². The van der Waals surface area contributed by atoms with Gasteiger partial charge >= 0.3 is 0 Å². The van der Waals surface area contributed by atoms with Gasteiger partial charge in [0.05, 0.1) is 0 Å². The highest BCUT2D eigenvalue weighted by Crippen LogP contribution is 2.08. The Hall–Kier alpha value is -1.02. The third-order valence-corrected chi connectivity index (χ3v) is 2.44. The zero-order chi connectivity index (χ0) is 11.3. The number of hydrogen-bond acceptors (Lipinski definition) is 1. The molecule has 15 heavy (non-hydrogen) atoms. The SMILES string of the molecule is CCN(Cc1ccccc1)C(=O)C(C)Cl. The first-order valence-corrected chi connectivity index (χ1v) is 5.55. The Kier molecular flexibility index (Phi) is 4.63. The average Bonchev–Trinajstić information content (AvgIpc) is 2.26. The molecule has 3 heteroatoms. The Morgan fingerprint density at radius 1 is 1.40 bits per heavy atom. The fraction of sp³-hybridized carbons (Fsp3) is 0.417. The van der Waals surface area contributed by atoms with Gasteiger partial charge in [-0.25, -0.2) is 0 Å². The van der Waals surface area contributed by atoms with Crippen LogP contribution in [0.2, 0.25) is 0 Å². The molecular formula is C12H16ClNO. The number of carbonyl (C=O) groups is 1. The molecule has 1 rings (SSSR count). The molecular weight excluding hydrogens is 210 g/mol. The summed E-state index contributed by atoms with van der Waals surface area (Å²) < 4.78 is 0. The third kappa shape index (κ3) is 3.56. The van der Waals surface area contributed by atoms with Crippen molar-refractivity contribution in [2.24, 2.45) is 0 Å². The lowest BCUT2D eigenvalue weighted by Crippen LogP contribution is -2.34. The molecule has 82 valence electrons. The number of rotatable bonds is 4. The van der Waals surface area contributed by atoms with E-state index in [-0.39, 0.29) is 5.91 Å². The summed E-state index contributed by atoms with van der Waals surface area (Å²) in [7, 11) is 0. The zero-order valence-corrected chi connectivity index (χ0v) is 9.87. The normalized spacial score (nSPS) is 12.2. The smallest absolute Gasteiger partial charge is 0.240 e. The Morgan fingerprint density at radius 2 is 2.00 bits per heavy atom. The summed E-state index contributed by atoms with van der Waals surface area (Å²) in [4.78, 5) is 13.4. The maximum atomic E-state index is 11.7. The Labute approximate surface area is 95.8 Å². The maximum absolute atomic E-state index is 11.7. The van der Waals surface area contributed by atoms with Gasteiger partial charge in [0, 0.05) is 13.1 Å². The molecule has 2 nitrogen and oxygen atoms in total. The molecule has 0 aromatic heterocycles. The zero-order valence-electron chi connectivity index (χ0n) is 9.11. The molecule has 0 fully saturated rings. The maximum Gasteiger partial charge on any atom is 0.240 e. The quantitative estimate of drug-likeness (QED) is 0.722. The van der Waals surface area contributed by atoms with Gasteiger partial charge in [-0.05, 0) is 19.4 Å². The molecule has 0 aliphatic carbocycles. The summed E-state index contributed by atoms with van der Waals surface area (Å²) >= 11 is 5.78. The van der Waals surface area contributed by atoms with E-state index in [1.165, 1.54) is 0 Å². The average molecular weight is 226 g/mol. The van der Waals surface area contributed by atoms with Crippen LogP contribution in [0.1, 0.15) is 19.4 Å². The molecule has 1 aromatic carbocycles. The van der Waals surface area contributed by atoms with E-state index in [0.717, 1.165) is 5.56 Å². The van der Waals surface area contributed by atoms with E-state index >= 15 is 0 Å². The number of carbonyl (C=O) groups excluding carboxylic acids is 1. The van der Waals surface area contributed by atoms with Crippen LogP contribution in [0, 0.1) is 0 Å². The Balaban J connectivity index is 2.66. The molecule has 1 atom stereocenters. The van der Waals surface area contributed by atoms with Gasteiger partial charge in [-0.15, -0.1) is 11.6 Å². The van der Waals surface area contributed by atoms with E-state index in [9.17, 15) is 4.79 Å². The fourth-order valence-electron chi connectivity index (χ4n) is 1.40. The number of hydrogen-bond donors (Lipinski definition) is 0. The molecule has 0 bridgehead atoms. The summed E-state index contributed by atoms with van der Waals surface area (Å²) in [6, 6.07) is 9.92. The Bertz CT molecular complexity index is 311. The van der Waals surface area contributed by atoms with Gasteiger partial charge < -0.3 is 4.90 Å². The lowest BCUT2D eigenvalue weighted by atomic mass is 10.2. The van der Waals surface area contributed by atoms with Crippen molar-refractivity contribution in [3.05, 3.63) is 35.9 Å². The molecule has 0 saturated heterocycles. The summed E-state index contributed by atoms with van der Waals surface area (Å²) in [5, 5.41) is -0.450. The van der Waals surface area contributed by atoms with Gasteiger partial charge in [0.2, 0.25) is 5.91 Å². The molecule has 0 heterocycles. The van der Waals surface area contributed by atoms with Crippen molar-refractivity contribution < 1.29 is 4.79 Å². The molecule has 1 amide bonds. The largest absolute Gasteiger partial charge is 0.337 e. The number of nitrogens with zero attached hydrogens (tertiary/aromatic N) is 1.